The Hall–Kier alpha value is -3.64. The molecule has 1 fully saturated rings. The summed E-state index contributed by atoms with van der Waals surface area (Å²) in [4.78, 5) is 16.0. The number of nitrogens with zero attached hydrogens (tertiary/aromatic N) is 1. The molecule has 9 nitrogen and oxygen atoms in total. The van der Waals surface area contributed by atoms with Gasteiger partial charge in [0.25, 0.3) is 0 Å². The number of sulfonamides is 2. The minimum Gasteiger partial charge on any atom is -0.370 e. The zero-order valence-electron chi connectivity index (χ0n) is 22.5. The second-order valence-electron chi connectivity index (χ2n) is 10.2. The maximum atomic E-state index is 14.9. The second-order valence-corrected chi connectivity index (χ2v) is 13.7. The van der Waals surface area contributed by atoms with Crippen LogP contribution < -0.4 is 19.7 Å². The standard InChI is InChI=1S/C28H33FN4O5S2/c1-19-13-15-33(16-14-19)26-18-22(31-39(2,35)36)10-12-25(26)30-28(34)27(20-7-5-4-6-8-20)21-9-11-24(23(29)17-21)32-40(3,37)38/h4-12,17-19,27,31-32H,13-16H2,1-3H3,(H,30,34). The van der Waals surface area contributed by atoms with Crippen LogP contribution in [0.5, 0.6) is 0 Å². The Kier molecular flexibility index (Phi) is 8.69. The van der Waals surface area contributed by atoms with Crippen molar-refractivity contribution < 1.29 is 26.0 Å². The molecule has 0 spiro atoms. The first-order valence-corrected chi connectivity index (χ1v) is 16.6. The van der Waals surface area contributed by atoms with Gasteiger partial charge in [-0.2, -0.15) is 0 Å². The Morgan fingerprint density at radius 3 is 2.08 bits per heavy atom. The van der Waals surface area contributed by atoms with E-state index < -0.39 is 37.7 Å². The largest absolute Gasteiger partial charge is 0.370 e. The molecule has 1 amide bonds. The highest BCUT2D eigenvalue weighted by Gasteiger charge is 2.27. The first-order valence-electron chi connectivity index (χ1n) is 12.8. The van der Waals surface area contributed by atoms with Gasteiger partial charge >= 0.3 is 0 Å². The van der Waals surface area contributed by atoms with Gasteiger partial charge in [0.15, 0.2) is 0 Å². The van der Waals surface area contributed by atoms with Crippen LogP contribution in [0.3, 0.4) is 0 Å². The average Bonchev–Trinajstić information content (AvgIpc) is 2.86. The molecule has 12 heteroatoms. The van der Waals surface area contributed by atoms with Crippen LogP contribution in [0.25, 0.3) is 0 Å². The van der Waals surface area contributed by atoms with Crippen molar-refractivity contribution >= 4 is 48.7 Å². The fraction of sp³-hybridized carbons (Fsp3) is 0.321. The molecule has 40 heavy (non-hydrogen) atoms. The molecule has 0 radical (unpaired) electrons. The van der Waals surface area contributed by atoms with Crippen molar-refractivity contribution in [1.29, 1.82) is 0 Å². The Morgan fingerprint density at radius 1 is 0.850 bits per heavy atom. The summed E-state index contributed by atoms with van der Waals surface area (Å²) in [6, 6.07) is 17.8. The van der Waals surface area contributed by atoms with Gasteiger partial charge in [0.2, 0.25) is 26.0 Å². The van der Waals surface area contributed by atoms with E-state index in [-0.39, 0.29) is 5.69 Å². The van der Waals surface area contributed by atoms with Crippen LogP contribution in [0.4, 0.5) is 27.1 Å². The van der Waals surface area contributed by atoms with Gasteiger partial charge in [-0.05, 0) is 60.2 Å². The fourth-order valence-electron chi connectivity index (χ4n) is 4.77. The van der Waals surface area contributed by atoms with Crippen LogP contribution in [0.15, 0.2) is 66.7 Å². The molecule has 3 aromatic rings. The topological polar surface area (TPSA) is 125 Å². The van der Waals surface area contributed by atoms with E-state index in [0.717, 1.165) is 44.5 Å². The molecule has 1 heterocycles. The molecule has 3 N–H and O–H groups in total. The van der Waals surface area contributed by atoms with Crippen molar-refractivity contribution in [2.75, 3.05) is 45.3 Å². The van der Waals surface area contributed by atoms with Crippen LogP contribution >= 0.6 is 0 Å². The lowest BCUT2D eigenvalue weighted by atomic mass is 9.90. The maximum Gasteiger partial charge on any atom is 0.236 e. The minimum atomic E-state index is -3.69. The van der Waals surface area contributed by atoms with Gasteiger partial charge in [0.1, 0.15) is 5.82 Å². The van der Waals surface area contributed by atoms with E-state index in [1.165, 1.54) is 12.1 Å². The lowest BCUT2D eigenvalue weighted by molar-refractivity contribution is -0.116. The quantitative estimate of drug-likeness (QED) is 0.336. The average molecular weight is 589 g/mol. The van der Waals surface area contributed by atoms with Crippen molar-refractivity contribution in [2.24, 2.45) is 5.92 Å². The number of benzene rings is 3. The molecule has 0 aromatic heterocycles. The fourth-order valence-corrected chi connectivity index (χ4v) is 5.89. The van der Waals surface area contributed by atoms with Crippen molar-refractivity contribution in [2.45, 2.75) is 25.7 Å². The third-order valence-electron chi connectivity index (χ3n) is 6.70. The molecular weight excluding hydrogens is 555 g/mol. The van der Waals surface area contributed by atoms with Crippen LogP contribution in [-0.2, 0) is 24.8 Å². The predicted molar refractivity (Wildman–Crippen MR) is 157 cm³/mol. The summed E-state index contributed by atoms with van der Waals surface area (Å²) in [6.45, 7) is 3.67. The summed E-state index contributed by atoms with van der Waals surface area (Å²) < 4.78 is 66.5. The normalized spacial score (nSPS) is 15.3. The molecule has 4 rings (SSSR count). The molecule has 3 aromatic carbocycles. The van der Waals surface area contributed by atoms with E-state index in [1.807, 2.05) is 0 Å². The molecule has 1 saturated heterocycles. The van der Waals surface area contributed by atoms with Gasteiger partial charge in [-0.1, -0.05) is 43.3 Å². The smallest absolute Gasteiger partial charge is 0.236 e. The Balaban J connectivity index is 1.71. The van der Waals surface area contributed by atoms with Crippen LogP contribution in [-0.4, -0.2) is 48.3 Å². The van der Waals surface area contributed by atoms with Crippen molar-refractivity contribution in [3.8, 4) is 0 Å². The summed E-state index contributed by atoms with van der Waals surface area (Å²) in [5.41, 5.74) is 2.30. The minimum absolute atomic E-state index is 0.214. The van der Waals surface area contributed by atoms with E-state index in [0.29, 0.717) is 34.1 Å². The summed E-state index contributed by atoms with van der Waals surface area (Å²) in [7, 11) is -7.20. The number of nitrogens with one attached hydrogen (secondary N) is 3. The zero-order valence-corrected chi connectivity index (χ0v) is 24.1. The summed E-state index contributed by atoms with van der Waals surface area (Å²) in [5, 5.41) is 2.99. The molecule has 0 aliphatic carbocycles. The number of carbonyl (C=O) groups is 1. The first kappa shape index (κ1) is 29.3. The maximum absolute atomic E-state index is 14.9. The molecular formula is C28H33FN4O5S2. The number of rotatable bonds is 9. The molecule has 0 saturated carbocycles. The Bertz CT molecular complexity index is 1590. The lowest BCUT2D eigenvalue weighted by Crippen LogP contribution is -2.34. The number of halogens is 1. The third-order valence-corrected chi connectivity index (χ3v) is 7.90. The predicted octanol–water partition coefficient (Wildman–Crippen LogP) is 4.58. The SMILES string of the molecule is CC1CCN(c2cc(NS(C)(=O)=O)ccc2NC(=O)C(c2ccccc2)c2ccc(NS(C)(=O)=O)c(F)c2)CC1. The van der Waals surface area contributed by atoms with Gasteiger partial charge in [-0.15, -0.1) is 0 Å². The van der Waals surface area contributed by atoms with E-state index in [9.17, 15) is 26.0 Å². The second kappa shape index (κ2) is 11.8. The Morgan fingerprint density at radius 2 is 1.48 bits per heavy atom. The number of carbonyl (C=O) groups excluding carboxylic acids is 1. The highest BCUT2D eigenvalue weighted by molar-refractivity contribution is 7.92. The monoisotopic (exact) mass is 588 g/mol. The lowest BCUT2D eigenvalue weighted by Gasteiger charge is -2.34. The van der Waals surface area contributed by atoms with Crippen LogP contribution in [0, 0.1) is 11.7 Å². The van der Waals surface area contributed by atoms with E-state index in [4.69, 9.17) is 0 Å². The Labute approximate surface area is 234 Å². The van der Waals surface area contributed by atoms with E-state index in [2.05, 4.69) is 26.6 Å². The number of piperidine rings is 1. The molecule has 1 aliphatic rings. The summed E-state index contributed by atoms with van der Waals surface area (Å²) in [5.74, 6) is -1.59. The summed E-state index contributed by atoms with van der Waals surface area (Å²) in [6.07, 6.45) is 3.91. The molecule has 0 bridgehead atoms. The van der Waals surface area contributed by atoms with E-state index >= 15 is 0 Å². The number of anilines is 4. The zero-order chi connectivity index (χ0) is 29.1. The number of hydrogen-bond donors (Lipinski definition) is 3. The third kappa shape index (κ3) is 7.72. The van der Waals surface area contributed by atoms with Gasteiger partial charge in [-0.3, -0.25) is 14.2 Å². The molecule has 1 atom stereocenters. The van der Waals surface area contributed by atoms with Crippen molar-refractivity contribution in [3.05, 3.63) is 83.7 Å². The molecule has 1 unspecified atom stereocenters. The van der Waals surface area contributed by atoms with Gasteiger partial charge in [0.05, 0.1) is 41.2 Å². The number of hydrogen-bond acceptors (Lipinski definition) is 6. The summed E-state index contributed by atoms with van der Waals surface area (Å²) >= 11 is 0. The highest BCUT2D eigenvalue weighted by atomic mass is 32.2. The molecule has 214 valence electrons. The highest BCUT2D eigenvalue weighted by Crippen LogP contribution is 2.35. The number of amides is 1. The van der Waals surface area contributed by atoms with Gasteiger partial charge < -0.3 is 10.2 Å². The van der Waals surface area contributed by atoms with Crippen LogP contribution in [0.1, 0.15) is 36.8 Å². The molecule has 1 aliphatic heterocycles. The van der Waals surface area contributed by atoms with Crippen molar-refractivity contribution in [3.63, 3.8) is 0 Å². The van der Waals surface area contributed by atoms with Crippen LogP contribution in [0.2, 0.25) is 0 Å². The first-order chi connectivity index (χ1) is 18.8. The van der Waals surface area contributed by atoms with E-state index in [1.54, 1.807) is 48.5 Å². The van der Waals surface area contributed by atoms with Gasteiger partial charge in [0, 0.05) is 13.1 Å². The van der Waals surface area contributed by atoms with Crippen molar-refractivity contribution in [1.82, 2.24) is 0 Å². The van der Waals surface area contributed by atoms with Gasteiger partial charge in [-0.25, -0.2) is 21.2 Å².